The summed E-state index contributed by atoms with van der Waals surface area (Å²) in [7, 11) is 0.200. The van der Waals surface area contributed by atoms with Gasteiger partial charge in [0.25, 0.3) is 0 Å². The van der Waals surface area contributed by atoms with E-state index in [9.17, 15) is 8.42 Å². The number of hydrogen-bond donors (Lipinski definition) is 1. The minimum Gasteiger partial charge on any atom is -0.398 e. The normalized spacial score (nSPS) is 12.3. The minimum atomic E-state index is -3.61. The van der Waals surface area contributed by atoms with Crippen molar-refractivity contribution in [3.05, 3.63) is 23.2 Å². The van der Waals surface area contributed by atoms with Gasteiger partial charge < -0.3 is 10.6 Å². The van der Waals surface area contributed by atoms with Crippen LogP contribution < -0.4 is 5.73 Å². The number of anilines is 1. The highest BCUT2D eigenvalue weighted by atomic mass is 35.5. The third kappa shape index (κ3) is 4.34. The van der Waals surface area contributed by atoms with Crippen molar-refractivity contribution in [2.24, 2.45) is 0 Å². The SMILES string of the molecule is CCCN(CCN(C)C)S(=O)(=O)c1cc(Cl)ccc1N. The molecule has 0 atom stereocenters. The van der Waals surface area contributed by atoms with Crippen molar-refractivity contribution in [3.8, 4) is 0 Å². The zero-order valence-corrected chi connectivity index (χ0v) is 13.7. The monoisotopic (exact) mass is 319 g/mol. The standard InChI is InChI=1S/C13H22ClN3O2S/c1-4-7-17(9-8-16(2)3)20(18,19)13-10-11(14)5-6-12(13)15/h5-6,10H,4,7-9,15H2,1-3H3. The predicted octanol–water partition coefficient (Wildman–Crippen LogP) is 1.88. The van der Waals surface area contributed by atoms with Crippen LogP contribution >= 0.6 is 11.6 Å². The summed E-state index contributed by atoms with van der Waals surface area (Å²) in [5.74, 6) is 0. The number of sulfonamides is 1. The van der Waals surface area contributed by atoms with Crippen LogP contribution in [0.15, 0.2) is 23.1 Å². The molecule has 0 aliphatic rings. The highest BCUT2D eigenvalue weighted by Crippen LogP contribution is 2.25. The van der Waals surface area contributed by atoms with Gasteiger partial charge in [0.2, 0.25) is 10.0 Å². The fourth-order valence-electron chi connectivity index (χ4n) is 1.78. The van der Waals surface area contributed by atoms with Gasteiger partial charge in [-0.2, -0.15) is 4.31 Å². The Hall–Kier alpha value is -0.820. The molecule has 7 heteroatoms. The number of halogens is 1. The maximum atomic E-state index is 12.7. The fourth-order valence-corrected chi connectivity index (χ4v) is 3.69. The van der Waals surface area contributed by atoms with Crippen LogP contribution in [-0.2, 0) is 10.0 Å². The summed E-state index contributed by atoms with van der Waals surface area (Å²) in [6.07, 6.45) is 0.743. The second-order valence-corrected chi connectivity index (χ2v) is 7.23. The molecule has 0 aliphatic carbocycles. The molecule has 0 bridgehead atoms. The molecule has 0 unspecified atom stereocenters. The summed E-state index contributed by atoms with van der Waals surface area (Å²) in [5, 5.41) is 0.363. The Kier molecular flexibility index (Phi) is 6.26. The largest absolute Gasteiger partial charge is 0.398 e. The third-order valence-corrected chi connectivity index (χ3v) is 5.05. The van der Waals surface area contributed by atoms with Crippen molar-refractivity contribution in [1.82, 2.24) is 9.21 Å². The molecule has 0 amide bonds. The van der Waals surface area contributed by atoms with E-state index in [1.165, 1.54) is 16.4 Å². The molecule has 0 radical (unpaired) electrons. The third-order valence-electron chi connectivity index (χ3n) is 2.86. The van der Waals surface area contributed by atoms with E-state index in [1.54, 1.807) is 6.07 Å². The van der Waals surface area contributed by atoms with Crippen molar-refractivity contribution >= 4 is 27.3 Å². The van der Waals surface area contributed by atoms with Crippen LogP contribution in [0.25, 0.3) is 0 Å². The maximum absolute atomic E-state index is 12.7. The highest BCUT2D eigenvalue weighted by Gasteiger charge is 2.26. The minimum absolute atomic E-state index is 0.0807. The Bertz CT molecular complexity index is 547. The van der Waals surface area contributed by atoms with Gasteiger partial charge in [-0.3, -0.25) is 0 Å². The van der Waals surface area contributed by atoms with Crippen molar-refractivity contribution in [3.63, 3.8) is 0 Å². The molecule has 2 N–H and O–H groups in total. The van der Waals surface area contributed by atoms with Gasteiger partial charge in [0.1, 0.15) is 4.90 Å². The summed E-state index contributed by atoms with van der Waals surface area (Å²) in [4.78, 5) is 2.02. The quantitative estimate of drug-likeness (QED) is 0.779. The second-order valence-electron chi connectivity index (χ2n) is 4.89. The first kappa shape index (κ1) is 17.2. The lowest BCUT2D eigenvalue weighted by Gasteiger charge is -2.24. The van der Waals surface area contributed by atoms with Gasteiger partial charge in [-0.25, -0.2) is 8.42 Å². The number of benzene rings is 1. The average molecular weight is 320 g/mol. The number of nitrogens with two attached hydrogens (primary N) is 1. The molecule has 1 aromatic rings. The number of likely N-dealkylation sites (N-methyl/N-ethyl adjacent to an activating group) is 1. The Balaban J connectivity index is 3.12. The lowest BCUT2D eigenvalue weighted by Crippen LogP contribution is -2.37. The first-order valence-corrected chi connectivity index (χ1v) is 8.30. The molecule has 0 saturated carbocycles. The topological polar surface area (TPSA) is 66.6 Å². The van der Waals surface area contributed by atoms with E-state index < -0.39 is 10.0 Å². The zero-order chi connectivity index (χ0) is 15.3. The van der Waals surface area contributed by atoms with Crippen molar-refractivity contribution in [2.45, 2.75) is 18.2 Å². The predicted molar refractivity (Wildman–Crippen MR) is 83.5 cm³/mol. The molecule has 1 rings (SSSR count). The van der Waals surface area contributed by atoms with E-state index in [1.807, 2.05) is 25.9 Å². The van der Waals surface area contributed by atoms with E-state index in [-0.39, 0.29) is 10.6 Å². The zero-order valence-electron chi connectivity index (χ0n) is 12.1. The van der Waals surface area contributed by atoms with Crippen LogP contribution in [-0.4, -0.2) is 51.4 Å². The molecule has 5 nitrogen and oxygen atoms in total. The Morgan fingerprint density at radius 1 is 1.20 bits per heavy atom. The number of nitrogen functional groups attached to an aromatic ring is 1. The van der Waals surface area contributed by atoms with E-state index in [4.69, 9.17) is 17.3 Å². The van der Waals surface area contributed by atoms with Crippen molar-refractivity contribution < 1.29 is 8.42 Å². The van der Waals surface area contributed by atoms with Gasteiger partial charge in [-0.1, -0.05) is 18.5 Å². The van der Waals surface area contributed by atoms with Gasteiger partial charge in [0.05, 0.1) is 5.69 Å². The summed E-state index contributed by atoms with van der Waals surface area (Å²) < 4.78 is 26.8. The van der Waals surface area contributed by atoms with Gasteiger partial charge in [0, 0.05) is 24.7 Å². The maximum Gasteiger partial charge on any atom is 0.245 e. The Labute approximate surface area is 126 Å². The first-order valence-electron chi connectivity index (χ1n) is 6.49. The van der Waals surface area contributed by atoms with E-state index in [2.05, 4.69) is 0 Å². The van der Waals surface area contributed by atoms with Gasteiger partial charge in [-0.05, 0) is 38.7 Å². The van der Waals surface area contributed by atoms with Crippen LogP contribution in [0, 0.1) is 0 Å². The summed E-state index contributed by atoms with van der Waals surface area (Å²) in [6, 6.07) is 4.51. The summed E-state index contributed by atoms with van der Waals surface area (Å²) in [5.41, 5.74) is 6.01. The van der Waals surface area contributed by atoms with Crippen LogP contribution in [0.4, 0.5) is 5.69 Å². The molecule has 0 spiro atoms. The van der Waals surface area contributed by atoms with Crippen molar-refractivity contribution in [1.29, 1.82) is 0 Å². The molecule has 114 valence electrons. The molecular formula is C13H22ClN3O2S. The van der Waals surface area contributed by atoms with Crippen LogP contribution in [0.2, 0.25) is 5.02 Å². The number of nitrogens with zero attached hydrogens (tertiary/aromatic N) is 2. The molecule has 0 heterocycles. The molecule has 0 aliphatic heterocycles. The summed E-state index contributed by atoms with van der Waals surface area (Å²) in [6.45, 7) is 3.48. The fraction of sp³-hybridized carbons (Fsp3) is 0.538. The molecule has 20 heavy (non-hydrogen) atoms. The highest BCUT2D eigenvalue weighted by molar-refractivity contribution is 7.89. The van der Waals surface area contributed by atoms with Crippen LogP contribution in [0.1, 0.15) is 13.3 Å². The Morgan fingerprint density at radius 3 is 2.40 bits per heavy atom. The van der Waals surface area contributed by atoms with E-state index in [0.29, 0.717) is 24.7 Å². The first-order chi connectivity index (χ1) is 9.28. The molecule has 0 saturated heterocycles. The number of hydrogen-bond acceptors (Lipinski definition) is 4. The van der Waals surface area contributed by atoms with Gasteiger partial charge in [0.15, 0.2) is 0 Å². The smallest absolute Gasteiger partial charge is 0.245 e. The molecule has 0 fully saturated rings. The Morgan fingerprint density at radius 2 is 1.85 bits per heavy atom. The lowest BCUT2D eigenvalue weighted by molar-refractivity contribution is 0.333. The van der Waals surface area contributed by atoms with Crippen LogP contribution in [0.5, 0.6) is 0 Å². The second kappa shape index (κ2) is 7.26. The van der Waals surface area contributed by atoms with Gasteiger partial charge in [-0.15, -0.1) is 0 Å². The van der Waals surface area contributed by atoms with Crippen LogP contribution in [0.3, 0.4) is 0 Å². The average Bonchev–Trinajstić information content (AvgIpc) is 2.36. The molecular weight excluding hydrogens is 298 g/mol. The molecule has 1 aromatic carbocycles. The van der Waals surface area contributed by atoms with E-state index in [0.717, 1.165) is 6.42 Å². The summed E-state index contributed by atoms with van der Waals surface area (Å²) >= 11 is 5.89. The number of rotatable bonds is 7. The van der Waals surface area contributed by atoms with Gasteiger partial charge >= 0.3 is 0 Å². The van der Waals surface area contributed by atoms with Crippen molar-refractivity contribution in [2.75, 3.05) is 39.5 Å². The lowest BCUT2D eigenvalue weighted by atomic mass is 10.3. The van der Waals surface area contributed by atoms with E-state index >= 15 is 0 Å². The molecule has 0 aromatic heterocycles.